The smallest absolute Gasteiger partial charge is 0.269 e. The first kappa shape index (κ1) is 20.3. The molecule has 0 bridgehead atoms. The van der Waals surface area contributed by atoms with Crippen molar-refractivity contribution in [1.29, 1.82) is 0 Å². The number of carbonyl (C=O) groups is 2. The van der Waals surface area contributed by atoms with Crippen molar-refractivity contribution in [3.8, 4) is 5.75 Å². The van der Waals surface area contributed by atoms with Crippen molar-refractivity contribution in [1.82, 2.24) is 16.2 Å². The predicted octanol–water partition coefficient (Wildman–Crippen LogP) is 2.32. The minimum atomic E-state index is -0.575. The molecule has 0 aliphatic carbocycles. The monoisotopic (exact) mass is 452 g/mol. The van der Waals surface area contributed by atoms with Crippen LogP contribution in [-0.2, 0) is 0 Å². The first-order valence-electron chi connectivity index (χ1n) is 7.31. The van der Waals surface area contributed by atoms with Gasteiger partial charge in [0.25, 0.3) is 17.5 Å². The van der Waals surface area contributed by atoms with Gasteiger partial charge in [0.2, 0.25) is 0 Å². The van der Waals surface area contributed by atoms with Crippen LogP contribution in [0, 0.1) is 10.1 Å². The van der Waals surface area contributed by atoms with Crippen LogP contribution in [-0.4, -0.2) is 29.0 Å². The highest BCUT2D eigenvalue weighted by Crippen LogP contribution is 2.25. The third-order valence-corrected chi connectivity index (χ3v) is 4.09. The number of nitro groups is 1. The summed E-state index contributed by atoms with van der Waals surface area (Å²) in [4.78, 5) is 34.1. The highest BCUT2D eigenvalue weighted by Gasteiger charge is 2.12. The molecule has 0 saturated carbocycles. The predicted molar refractivity (Wildman–Crippen MR) is 104 cm³/mol. The molecule has 0 saturated heterocycles. The van der Waals surface area contributed by atoms with E-state index in [9.17, 15) is 19.7 Å². The fraction of sp³-hybridized carbons (Fsp3) is 0.0625. The Bertz CT molecular complexity index is 904. The Morgan fingerprint density at radius 3 is 2.26 bits per heavy atom. The Hall–Kier alpha value is -3.05. The van der Waals surface area contributed by atoms with Crippen molar-refractivity contribution in [2.45, 2.75) is 0 Å². The van der Waals surface area contributed by atoms with Gasteiger partial charge in [-0.15, -0.1) is 0 Å². The zero-order valence-electron chi connectivity index (χ0n) is 13.8. The number of thiocarbonyl (C=S) groups is 1. The summed E-state index contributed by atoms with van der Waals surface area (Å²) in [5.74, 6) is -0.489. The maximum absolute atomic E-state index is 12.1. The molecular formula is C16H13BrN4O5S. The second-order valence-electron chi connectivity index (χ2n) is 5.02. The number of non-ortho nitro benzene ring substituents is 1. The molecule has 2 amide bonds. The van der Waals surface area contributed by atoms with E-state index in [1.54, 1.807) is 18.2 Å². The van der Waals surface area contributed by atoms with Crippen LogP contribution >= 0.6 is 28.1 Å². The molecular weight excluding hydrogens is 440 g/mol. The van der Waals surface area contributed by atoms with E-state index in [4.69, 9.17) is 17.0 Å². The van der Waals surface area contributed by atoms with Gasteiger partial charge >= 0.3 is 0 Å². The lowest BCUT2D eigenvalue weighted by Crippen LogP contribution is -2.48. The van der Waals surface area contributed by atoms with Gasteiger partial charge < -0.3 is 4.74 Å². The summed E-state index contributed by atoms with van der Waals surface area (Å²) in [6.07, 6.45) is 0. The van der Waals surface area contributed by atoms with Gasteiger partial charge in [-0.05, 0) is 58.5 Å². The standard InChI is InChI=1S/C16H13BrN4O5S/c1-26-13-7-4-10(8-12(13)17)14(22)18-16(27)20-19-15(23)9-2-5-11(6-3-9)21(24)25/h2-8H,1H3,(H,19,23)(H2,18,20,22,27). The first-order valence-corrected chi connectivity index (χ1v) is 8.51. The summed E-state index contributed by atoms with van der Waals surface area (Å²) in [5.41, 5.74) is 5.05. The number of hydrogen-bond acceptors (Lipinski definition) is 6. The average molecular weight is 453 g/mol. The molecule has 2 aromatic carbocycles. The number of nitrogens with one attached hydrogen (secondary N) is 3. The van der Waals surface area contributed by atoms with Crippen LogP contribution in [0.25, 0.3) is 0 Å². The molecule has 0 radical (unpaired) electrons. The second-order valence-corrected chi connectivity index (χ2v) is 6.28. The van der Waals surface area contributed by atoms with Gasteiger partial charge in [0.1, 0.15) is 5.75 Å². The molecule has 2 rings (SSSR count). The van der Waals surface area contributed by atoms with Crippen molar-refractivity contribution in [3.05, 3.63) is 68.2 Å². The van der Waals surface area contributed by atoms with E-state index in [0.29, 0.717) is 15.8 Å². The fourth-order valence-electron chi connectivity index (χ4n) is 1.93. The van der Waals surface area contributed by atoms with E-state index in [-0.39, 0.29) is 16.4 Å². The van der Waals surface area contributed by atoms with E-state index in [0.717, 1.165) is 0 Å². The number of nitro benzene ring substituents is 1. The van der Waals surface area contributed by atoms with Gasteiger partial charge in [-0.3, -0.25) is 35.9 Å². The number of benzene rings is 2. The summed E-state index contributed by atoms with van der Waals surface area (Å²) >= 11 is 8.23. The van der Waals surface area contributed by atoms with Crippen molar-refractivity contribution in [2.75, 3.05) is 7.11 Å². The third-order valence-electron chi connectivity index (χ3n) is 3.27. The van der Waals surface area contributed by atoms with Crippen molar-refractivity contribution < 1.29 is 19.2 Å². The molecule has 0 atom stereocenters. The van der Waals surface area contributed by atoms with Gasteiger partial charge in [0, 0.05) is 23.3 Å². The topological polar surface area (TPSA) is 123 Å². The second kappa shape index (κ2) is 9.05. The van der Waals surface area contributed by atoms with Crippen LogP contribution in [0.4, 0.5) is 5.69 Å². The van der Waals surface area contributed by atoms with Gasteiger partial charge in [-0.25, -0.2) is 0 Å². The summed E-state index contributed by atoms with van der Waals surface area (Å²) in [7, 11) is 1.51. The SMILES string of the molecule is COc1ccc(C(=O)NC(=S)NNC(=O)c2ccc([N+](=O)[O-])cc2)cc1Br. The molecule has 0 aliphatic rings. The minimum Gasteiger partial charge on any atom is -0.496 e. The Morgan fingerprint density at radius 1 is 1.07 bits per heavy atom. The van der Waals surface area contributed by atoms with Gasteiger partial charge in [-0.1, -0.05) is 0 Å². The third kappa shape index (κ3) is 5.46. The van der Waals surface area contributed by atoms with Crippen LogP contribution in [0.3, 0.4) is 0 Å². The zero-order valence-corrected chi connectivity index (χ0v) is 16.2. The van der Waals surface area contributed by atoms with E-state index < -0.39 is 16.7 Å². The van der Waals surface area contributed by atoms with Crippen LogP contribution in [0.2, 0.25) is 0 Å². The molecule has 0 unspecified atom stereocenters. The lowest BCUT2D eigenvalue weighted by atomic mass is 10.2. The summed E-state index contributed by atoms with van der Waals surface area (Å²) in [6.45, 7) is 0. The molecule has 0 heterocycles. The molecule has 9 nitrogen and oxygen atoms in total. The number of nitrogens with zero attached hydrogens (tertiary/aromatic N) is 1. The van der Waals surface area contributed by atoms with Gasteiger partial charge in [0.15, 0.2) is 5.11 Å². The lowest BCUT2D eigenvalue weighted by Gasteiger charge is -2.11. The van der Waals surface area contributed by atoms with Crippen LogP contribution < -0.4 is 20.9 Å². The van der Waals surface area contributed by atoms with Crippen molar-refractivity contribution >= 4 is 50.8 Å². The van der Waals surface area contributed by atoms with E-state index in [1.165, 1.54) is 31.4 Å². The molecule has 0 fully saturated rings. The molecule has 0 aliphatic heterocycles. The van der Waals surface area contributed by atoms with Crippen molar-refractivity contribution in [2.24, 2.45) is 0 Å². The number of halogens is 1. The molecule has 0 spiro atoms. The largest absolute Gasteiger partial charge is 0.496 e. The Balaban J connectivity index is 1.89. The molecule has 3 N–H and O–H groups in total. The summed E-state index contributed by atoms with van der Waals surface area (Å²) in [6, 6.07) is 9.74. The van der Waals surface area contributed by atoms with Gasteiger partial charge in [0.05, 0.1) is 16.5 Å². The number of carbonyl (C=O) groups excluding carboxylic acids is 2. The van der Waals surface area contributed by atoms with Crippen LogP contribution in [0.15, 0.2) is 46.9 Å². The normalized spacial score (nSPS) is 9.85. The summed E-state index contributed by atoms with van der Waals surface area (Å²) in [5, 5.41) is 12.9. The number of methoxy groups -OCH3 is 1. The molecule has 27 heavy (non-hydrogen) atoms. The minimum absolute atomic E-state index is 0.123. The maximum Gasteiger partial charge on any atom is 0.269 e. The average Bonchev–Trinajstić information content (AvgIpc) is 2.66. The zero-order chi connectivity index (χ0) is 20.0. The lowest BCUT2D eigenvalue weighted by molar-refractivity contribution is -0.384. The number of hydrazine groups is 1. The number of ether oxygens (including phenoxy) is 1. The molecule has 11 heteroatoms. The highest BCUT2D eigenvalue weighted by molar-refractivity contribution is 9.10. The first-order chi connectivity index (χ1) is 12.8. The highest BCUT2D eigenvalue weighted by atomic mass is 79.9. The molecule has 2 aromatic rings. The maximum atomic E-state index is 12.1. The van der Waals surface area contributed by atoms with Crippen LogP contribution in [0.5, 0.6) is 5.75 Å². The molecule has 140 valence electrons. The number of amides is 2. The Labute approximate surface area is 167 Å². The van der Waals surface area contributed by atoms with E-state index in [2.05, 4.69) is 32.1 Å². The van der Waals surface area contributed by atoms with Crippen LogP contribution in [0.1, 0.15) is 20.7 Å². The number of rotatable bonds is 4. The van der Waals surface area contributed by atoms with Gasteiger partial charge in [-0.2, -0.15) is 0 Å². The summed E-state index contributed by atoms with van der Waals surface area (Å²) < 4.78 is 5.69. The quantitative estimate of drug-likeness (QED) is 0.369. The van der Waals surface area contributed by atoms with E-state index in [1.807, 2.05) is 0 Å². The van der Waals surface area contributed by atoms with Crippen molar-refractivity contribution in [3.63, 3.8) is 0 Å². The Kier molecular flexibility index (Phi) is 6.79. The fourth-order valence-corrected chi connectivity index (χ4v) is 2.62. The molecule has 0 aromatic heterocycles. The van der Waals surface area contributed by atoms with E-state index >= 15 is 0 Å². The number of hydrogen-bond donors (Lipinski definition) is 3. The Morgan fingerprint density at radius 2 is 1.70 bits per heavy atom.